The number of hydrogen-bond acceptors (Lipinski definition) is 0. The second-order valence-corrected chi connectivity index (χ2v) is 0. The maximum Gasteiger partial charge on any atom is 0 e. The zero-order valence-electron chi connectivity index (χ0n) is 2.02. The molecular weight excluding hydrogens is 168 g/mol. The van der Waals surface area contributed by atoms with Gasteiger partial charge in [0.15, 0.2) is 0 Å². The van der Waals surface area contributed by atoms with Crippen molar-refractivity contribution >= 4 is 38.3 Å². The van der Waals surface area contributed by atoms with E-state index in [2.05, 4.69) is 0 Å². The molecule has 0 heterocycles. The average molecular weight is 172 g/mol. The van der Waals surface area contributed by atoms with Crippen LogP contribution in [0.25, 0.3) is 0 Å². The fourth-order valence-electron chi connectivity index (χ4n) is 0. The van der Waals surface area contributed by atoms with Crippen molar-refractivity contribution in [2.45, 2.75) is 0 Å². The van der Waals surface area contributed by atoms with E-state index in [1.54, 1.807) is 0 Å². The Kier molecular flexibility index (Phi) is 284. The van der Waals surface area contributed by atoms with Crippen molar-refractivity contribution in [3.8, 4) is 0 Å². The Morgan fingerprint density at radius 3 is 0.750 bits per heavy atom. The van der Waals surface area contributed by atoms with Gasteiger partial charge in [-0.1, -0.05) is 0 Å². The van der Waals surface area contributed by atoms with E-state index in [1.165, 1.54) is 0 Å². The summed E-state index contributed by atoms with van der Waals surface area (Å²) in [4.78, 5) is 0. The summed E-state index contributed by atoms with van der Waals surface area (Å²) < 4.78 is 0. The number of rotatable bonds is 0. The van der Waals surface area contributed by atoms with E-state index in [4.69, 9.17) is 0 Å². The number of hydrogen-bond donors (Lipinski definition) is 0. The van der Waals surface area contributed by atoms with Gasteiger partial charge in [-0.15, -0.1) is 24.8 Å². The van der Waals surface area contributed by atoms with Gasteiger partial charge in [0.2, 0.25) is 0 Å². The molecule has 0 fully saturated rings. The molecule has 0 bridgehead atoms. The topological polar surface area (TPSA) is 0 Å². The summed E-state index contributed by atoms with van der Waals surface area (Å²) in [6.07, 6.45) is 0. The van der Waals surface area contributed by atoms with Crippen molar-refractivity contribution in [1.29, 1.82) is 0 Å². The molecule has 0 radical (unpaired) electrons. The minimum Gasteiger partial charge on any atom is -0.197 e. The molecule has 0 saturated heterocycles. The quantitative estimate of drug-likeness (QED) is 0.477. The van der Waals surface area contributed by atoms with E-state index >= 15 is 0 Å². The first-order chi connectivity index (χ1) is 0. The van der Waals surface area contributed by atoms with Crippen molar-refractivity contribution in [1.82, 2.24) is 0 Å². The van der Waals surface area contributed by atoms with Crippen LogP contribution < -0.4 is 0 Å². The van der Waals surface area contributed by atoms with E-state index < -0.39 is 0 Å². The van der Waals surface area contributed by atoms with Crippen LogP contribution in [0.15, 0.2) is 0 Å². The molecule has 0 aliphatic carbocycles. The van der Waals surface area contributed by atoms with Crippen molar-refractivity contribution in [3.05, 3.63) is 0 Å². The van der Waals surface area contributed by atoms with E-state index in [-0.39, 0.29) is 57.8 Å². The molecule has 0 N–H and O–H groups in total. The molecule has 0 spiro atoms. The molecule has 0 rings (SSSR count). The second-order valence-electron chi connectivity index (χ2n) is 0. The van der Waals surface area contributed by atoms with Crippen LogP contribution in [-0.2, 0) is 19.5 Å². The Hall–Kier alpha value is 1.55. The molecule has 4 heavy (non-hydrogen) atoms. The van der Waals surface area contributed by atoms with Crippen molar-refractivity contribution in [2.75, 3.05) is 0 Å². The predicted molar refractivity (Wildman–Crippen MR) is 24.9 cm³/mol. The van der Waals surface area contributed by atoms with Gasteiger partial charge in [0, 0.05) is 19.5 Å². The molecule has 0 amide bonds. The van der Waals surface area contributed by atoms with E-state index in [9.17, 15) is 0 Å². The van der Waals surface area contributed by atoms with Crippen LogP contribution in [-0.4, -0.2) is 0 Å². The van der Waals surface area contributed by atoms with Crippen LogP contribution in [0.2, 0.25) is 0 Å². The average Bonchev–Trinajstić information content (AvgIpc) is 0. The van der Waals surface area contributed by atoms with Crippen molar-refractivity contribution in [3.63, 3.8) is 0 Å². The molecule has 4 heteroatoms. The van der Waals surface area contributed by atoms with Crippen LogP contribution >= 0.6 is 38.3 Å². The molecule has 0 atom stereocenters. The summed E-state index contributed by atoms with van der Waals surface area (Å²) in [7, 11) is 0. The third-order valence-corrected chi connectivity index (χ3v) is 0. The number of halogens is 2. The van der Waals surface area contributed by atoms with Gasteiger partial charge in [-0.25, -0.2) is 0 Å². The Bertz CT molecular complexity index is 6.00. The fourth-order valence-corrected chi connectivity index (χ4v) is 0. The summed E-state index contributed by atoms with van der Waals surface area (Å²) in [6.45, 7) is 0. The summed E-state index contributed by atoms with van der Waals surface area (Å²) in [5.74, 6) is 0. The van der Waals surface area contributed by atoms with Gasteiger partial charge >= 0.3 is 0 Å². The standard InChI is InChI=1S/2ClH.H2S.Zn/h2*1H;1H2;. The van der Waals surface area contributed by atoms with Gasteiger partial charge in [-0.2, -0.15) is 13.5 Å². The first-order valence-electron chi connectivity index (χ1n) is 0. The molecule has 0 unspecified atom stereocenters. The van der Waals surface area contributed by atoms with E-state index in [0.29, 0.717) is 0 Å². The Labute approximate surface area is 57.8 Å². The maximum absolute atomic E-state index is 0. The second kappa shape index (κ2) is 23.8. The third-order valence-electron chi connectivity index (χ3n) is 0. The Morgan fingerprint density at radius 2 is 0.750 bits per heavy atom. The van der Waals surface area contributed by atoms with Gasteiger partial charge < -0.3 is 0 Å². The van der Waals surface area contributed by atoms with Crippen molar-refractivity contribution in [2.24, 2.45) is 0 Å². The van der Waals surface area contributed by atoms with Gasteiger partial charge in [0.05, 0.1) is 0 Å². The Balaban J connectivity index is 0. The molecule has 0 aromatic carbocycles. The van der Waals surface area contributed by atoms with Gasteiger partial charge in [0.25, 0.3) is 0 Å². The predicted octanol–water partition coefficient (Wildman–Crippen LogP) is 0.954. The largest absolute Gasteiger partial charge is 0.197 e. The summed E-state index contributed by atoms with van der Waals surface area (Å²) >= 11 is 0. The molecule has 0 aliphatic rings. The van der Waals surface area contributed by atoms with E-state index in [1.807, 2.05) is 0 Å². The van der Waals surface area contributed by atoms with Gasteiger partial charge in [-0.05, 0) is 0 Å². The summed E-state index contributed by atoms with van der Waals surface area (Å²) in [5.41, 5.74) is 0. The van der Waals surface area contributed by atoms with Crippen LogP contribution in [0.5, 0.6) is 0 Å². The summed E-state index contributed by atoms with van der Waals surface area (Å²) in [6, 6.07) is 0. The fraction of sp³-hybridized carbons (Fsp3) is 0. The molecule has 0 nitrogen and oxygen atoms in total. The van der Waals surface area contributed by atoms with Gasteiger partial charge in [0.1, 0.15) is 0 Å². The van der Waals surface area contributed by atoms with Gasteiger partial charge in [-0.3, -0.25) is 0 Å². The zero-order chi connectivity index (χ0) is 0. The van der Waals surface area contributed by atoms with Crippen LogP contribution in [0.1, 0.15) is 0 Å². The SMILES string of the molecule is Cl.Cl.S.[Zn]. The van der Waals surface area contributed by atoms with Crippen LogP contribution in [0.3, 0.4) is 0 Å². The minimum atomic E-state index is 0. The maximum atomic E-state index is 0. The molecule has 0 aromatic heterocycles. The first kappa shape index (κ1) is 47.7. The molecule has 26 valence electrons. The monoisotopic (exact) mass is 170 g/mol. The third kappa shape index (κ3) is 9.60. The molecule has 0 aliphatic heterocycles. The molecular formula is H4Cl2SZn. The Morgan fingerprint density at radius 1 is 0.750 bits per heavy atom. The van der Waals surface area contributed by atoms with Crippen LogP contribution in [0, 0.1) is 0 Å². The first-order valence-corrected chi connectivity index (χ1v) is 0. The smallest absolute Gasteiger partial charge is 0 e. The minimum absolute atomic E-state index is 0. The molecule has 0 aromatic rings. The van der Waals surface area contributed by atoms with Crippen LogP contribution in [0.4, 0.5) is 0 Å². The summed E-state index contributed by atoms with van der Waals surface area (Å²) in [5, 5.41) is 0. The normalized spacial score (nSPS) is 0. The van der Waals surface area contributed by atoms with Crippen molar-refractivity contribution < 1.29 is 19.5 Å². The molecule has 0 saturated carbocycles. The van der Waals surface area contributed by atoms with E-state index in [0.717, 1.165) is 0 Å². The zero-order valence-corrected chi connectivity index (χ0v) is 7.62.